The van der Waals surface area contributed by atoms with E-state index in [1.165, 1.54) is 24.3 Å². The predicted octanol–water partition coefficient (Wildman–Crippen LogP) is 2.74. The minimum Gasteiger partial charge on any atom is -0.486 e. The standard InChI is InChI=1S/C20H19N3O8S/c1-12(32-15-5-3-14(4-6-15)23(27)28)19(25)31-11-18(24)22-20(26)21-13-2-7-16-17(10-13)30-9-8-29-16/h2-7,10,12H,8-9,11H2,1H3,(H2,21,22,24,26). The van der Waals surface area contributed by atoms with E-state index in [1.54, 1.807) is 25.1 Å². The lowest BCUT2D eigenvalue weighted by molar-refractivity contribution is -0.384. The summed E-state index contributed by atoms with van der Waals surface area (Å²) in [4.78, 5) is 46.7. The van der Waals surface area contributed by atoms with Crippen molar-refractivity contribution in [2.24, 2.45) is 0 Å². The summed E-state index contributed by atoms with van der Waals surface area (Å²) in [6.07, 6.45) is 0. The van der Waals surface area contributed by atoms with E-state index in [2.05, 4.69) is 10.6 Å². The maximum atomic E-state index is 12.1. The van der Waals surface area contributed by atoms with Gasteiger partial charge in [0.25, 0.3) is 11.6 Å². The van der Waals surface area contributed by atoms with Crippen LogP contribution in [-0.2, 0) is 14.3 Å². The SMILES string of the molecule is CC(Sc1ccc([N+](=O)[O-])cc1)C(=O)OCC(=O)NC(=O)Nc1ccc2c(c1)OCCO2. The van der Waals surface area contributed by atoms with Crippen LogP contribution in [-0.4, -0.2) is 47.9 Å². The zero-order valence-corrected chi connectivity index (χ0v) is 17.7. The third-order valence-electron chi connectivity index (χ3n) is 4.09. The molecule has 1 unspecified atom stereocenters. The van der Waals surface area contributed by atoms with Gasteiger partial charge in [-0.1, -0.05) is 0 Å². The Morgan fingerprint density at radius 1 is 1.12 bits per heavy atom. The number of nitrogens with one attached hydrogen (secondary N) is 2. The van der Waals surface area contributed by atoms with Crippen LogP contribution in [0.4, 0.5) is 16.2 Å². The van der Waals surface area contributed by atoms with Crippen molar-refractivity contribution in [3.63, 3.8) is 0 Å². The molecule has 2 aromatic carbocycles. The van der Waals surface area contributed by atoms with Gasteiger partial charge in [-0.25, -0.2) is 4.79 Å². The Morgan fingerprint density at radius 3 is 2.50 bits per heavy atom. The molecule has 3 amide bonds. The van der Waals surface area contributed by atoms with Crippen LogP contribution in [0.3, 0.4) is 0 Å². The number of nitro groups is 1. The van der Waals surface area contributed by atoms with Crippen LogP contribution in [0.2, 0.25) is 0 Å². The molecule has 0 aliphatic carbocycles. The largest absolute Gasteiger partial charge is 0.486 e. The number of urea groups is 1. The number of nitro benzene ring substituents is 1. The van der Waals surface area contributed by atoms with Gasteiger partial charge in [0.1, 0.15) is 18.5 Å². The number of imide groups is 1. The zero-order valence-electron chi connectivity index (χ0n) is 16.9. The highest BCUT2D eigenvalue weighted by molar-refractivity contribution is 8.00. The summed E-state index contributed by atoms with van der Waals surface area (Å²) in [5.41, 5.74) is 0.334. The van der Waals surface area contributed by atoms with Gasteiger partial charge >= 0.3 is 12.0 Å². The molecule has 0 bridgehead atoms. The fourth-order valence-electron chi connectivity index (χ4n) is 2.60. The first-order chi connectivity index (χ1) is 15.3. The summed E-state index contributed by atoms with van der Waals surface area (Å²) >= 11 is 1.12. The van der Waals surface area contributed by atoms with Crippen molar-refractivity contribution in [1.82, 2.24) is 5.32 Å². The third-order valence-corrected chi connectivity index (χ3v) is 5.18. The lowest BCUT2D eigenvalue weighted by Gasteiger charge is -2.19. The van der Waals surface area contributed by atoms with Crippen molar-refractivity contribution in [2.75, 3.05) is 25.1 Å². The Hall–Kier alpha value is -3.80. The van der Waals surface area contributed by atoms with Crippen molar-refractivity contribution >= 4 is 41.0 Å². The summed E-state index contributed by atoms with van der Waals surface area (Å²) in [7, 11) is 0. The van der Waals surface area contributed by atoms with Crippen LogP contribution in [0.25, 0.3) is 0 Å². The molecular formula is C20H19N3O8S. The molecule has 1 atom stereocenters. The Labute approximate surface area is 186 Å². The summed E-state index contributed by atoms with van der Waals surface area (Å²) in [5, 5.41) is 14.5. The van der Waals surface area contributed by atoms with E-state index in [0.717, 1.165) is 11.8 Å². The molecule has 1 heterocycles. The van der Waals surface area contributed by atoms with E-state index < -0.39 is 34.7 Å². The number of benzene rings is 2. The summed E-state index contributed by atoms with van der Waals surface area (Å²) < 4.78 is 15.7. The van der Waals surface area contributed by atoms with Gasteiger partial charge in [0.15, 0.2) is 18.1 Å². The van der Waals surface area contributed by atoms with E-state index >= 15 is 0 Å². The number of anilines is 1. The minimum absolute atomic E-state index is 0.0595. The van der Waals surface area contributed by atoms with Gasteiger partial charge in [-0.15, -0.1) is 11.8 Å². The molecule has 32 heavy (non-hydrogen) atoms. The molecule has 2 aromatic rings. The molecule has 1 aliphatic rings. The first kappa shape index (κ1) is 22.9. The molecule has 0 saturated carbocycles. The number of thioether (sulfide) groups is 1. The van der Waals surface area contributed by atoms with Gasteiger partial charge in [-0.3, -0.25) is 25.0 Å². The normalized spacial score (nSPS) is 12.9. The van der Waals surface area contributed by atoms with Crippen molar-refractivity contribution in [3.05, 3.63) is 52.6 Å². The lowest BCUT2D eigenvalue weighted by Crippen LogP contribution is -2.37. The smallest absolute Gasteiger partial charge is 0.325 e. The number of nitrogens with zero attached hydrogens (tertiary/aromatic N) is 1. The highest BCUT2D eigenvalue weighted by Gasteiger charge is 2.19. The molecule has 12 heteroatoms. The Bertz CT molecular complexity index is 1030. The lowest BCUT2D eigenvalue weighted by atomic mass is 10.2. The van der Waals surface area contributed by atoms with E-state index in [9.17, 15) is 24.5 Å². The average Bonchev–Trinajstić information content (AvgIpc) is 2.77. The van der Waals surface area contributed by atoms with Gasteiger partial charge in [0.2, 0.25) is 0 Å². The molecule has 0 radical (unpaired) electrons. The molecule has 0 saturated heterocycles. The number of hydrogen-bond donors (Lipinski definition) is 2. The molecular weight excluding hydrogens is 442 g/mol. The zero-order chi connectivity index (χ0) is 23.1. The molecule has 11 nitrogen and oxygen atoms in total. The number of non-ortho nitro benzene ring substituents is 1. The number of carbonyl (C=O) groups is 3. The average molecular weight is 461 g/mol. The number of ether oxygens (including phenoxy) is 3. The monoisotopic (exact) mass is 461 g/mol. The van der Waals surface area contributed by atoms with Gasteiger partial charge < -0.3 is 19.5 Å². The van der Waals surface area contributed by atoms with Crippen molar-refractivity contribution in [1.29, 1.82) is 0 Å². The Kier molecular flexibility index (Phi) is 7.49. The molecule has 1 aliphatic heterocycles. The highest BCUT2D eigenvalue weighted by Crippen LogP contribution is 2.32. The second kappa shape index (κ2) is 10.5. The number of amides is 3. The molecule has 2 N–H and O–H groups in total. The van der Waals surface area contributed by atoms with Crippen LogP contribution in [0.15, 0.2) is 47.4 Å². The van der Waals surface area contributed by atoms with Gasteiger partial charge in [-0.05, 0) is 31.2 Å². The second-order valence-electron chi connectivity index (χ2n) is 6.48. The molecule has 168 valence electrons. The molecule has 3 rings (SSSR count). The molecule has 0 aromatic heterocycles. The number of fused-ring (bicyclic) bond motifs is 1. The summed E-state index contributed by atoms with van der Waals surface area (Å²) in [6.45, 7) is 1.77. The second-order valence-corrected chi connectivity index (χ2v) is 7.89. The number of hydrogen-bond acceptors (Lipinski definition) is 9. The summed E-state index contributed by atoms with van der Waals surface area (Å²) in [5.74, 6) is -0.434. The van der Waals surface area contributed by atoms with E-state index in [-0.39, 0.29) is 5.69 Å². The Balaban J connectivity index is 1.41. The maximum absolute atomic E-state index is 12.1. The van der Waals surface area contributed by atoms with E-state index in [1.807, 2.05) is 0 Å². The quantitative estimate of drug-likeness (QED) is 0.275. The predicted molar refractivity (Wildman–Crippen MR) is 114 cm³/mol. The number of esters is 1. The first-order valence-electron chi connectivity index (χ1n) is 9.40. The summed E-state index contributed by atoms with van der Waals surface area (Å²) in [6, 6.07) is 9.68. The fraction of sp³-hybridized carbons (Fsp3) is 0.250. The van der Waals surface area contributed by atoms with Crippen LogP contribution < -0.4 is 20.1 Å². The van der Waals surface area contributed by atoms with Gasteiger partial charge in [-0.2, -0.15) is 0 Å². The van der Waals surface area contributed by atoms with E-state index in [0.29, 0.717) is 35.3 Å². The number of rotatable bonds is 7. The van der Waals surface area contributed by atoms with Crippen LogP contribution in [0.1, 0.15) is 6.92 Å². The van der Waals surface area contributed by atoms with Crippen molar-refractivity contribution < 1.29 is 33.5 Å². The van der Waals surface area contributed by atoms with Crippen molar-refractivity contribution in [2.45, 2.75) is 17.1 Å². The topological polar surface area (TPSA) is 146 Å². The number of carbonyl (C=O) groups excluding carboxylic acids is 3. The fourth-order valence-corrected chi connectivity index (χ4v) is 3.46. The van der Waals surface area contributed by atoms with Crippen LogP contribution >= 0.6 is 11.8 Å². The van der Waals surface area contributed by atoms with Gasteiger partial charge in [0.05, 0.1) is 4.92 Å². The molecule has 0 fully saturated rings. The van der Waals surface area contributed by atoms with Crippen molar-refractivity contribution in [3.8, 4) is 11.5 Å². The van der Waals surface area contributed by atoms with E-state index in [4.69, 9.17) is 14.2 Å². The molecule has 0 spiro atoms. The maximum Gasteiger partial charge on any atom is 0.325 e. The van der Waals surface area contributed by atoms with Gasteiger partial charge in [0, 0.05) is 28.8 Å². The Morgan fingerprint density at radius 2 is 1.81 bits per heavy atom. The third kappa shape index (κ3) is 6.35. The highest BCUT2D eigenvalue weighted by atomic mass is 32.2. The van der Waals surface area contributed by atoms with Crippen LogP contribution in [0, 0.1) is 10.1 Å². The minimum atomic E-state index is -0.805. The first-order valence-corrected chi connectivity index (χ1v) is 10.3. The van der Waals surface area contributed by atoms with Crippen LogP contribution in [0.5, 0.6) is 11.5 Å².